The fourth-order valence-corrected chi connectivity index (χ4v) is 3.11. The molecule has 0 saturated heterocycles. The summed E-state index contributed by atoms with van der Waals surface area (Å²) in [5, 5.41) is 10.6. The van der Waals surface area contributed by atoms with E-state index in [0.717, 1.165) is 17.5 Å². The van der Waals surface area contributed by atoms with Gasteiger partial charge in [-0.2, -0.15) is 5.10 Å². The number of aryl methyl sites for hydroxylation is 1. The fraction of sp³-hybridized carbons (Fsp3) is 0.526. The molecule has 8 heteroatoms. The topological polar surface area (TPSA) is 76.4 Å². The zero-order valence-corrected chi connectivity index (χ0v) is 18.3. The highest BCUT2D eigenvalue weighted by molar-refractivity contribution is 14.0. The number of halogens is 1. The minimum Gasteiger partial charge on any atom is -0.490 e. The third-order valence-electron chi connectivity index (χ3n) is 4.68. The summed E-state index contributed by atoms with van der Waals surface area (Å²) in [6.07, 6.45) is 8.20. The summed E-state index contributed by atoms with van der Waals surface area (Å²) < 4.78 is 7.82. The van der Waals surface area contributed by atoms with Crippen molar-refractivity contribution in [2.75, 3.05) is 7.05 Å². The maximum absolute atomic E-state index is 6.08. The van der Waals surface area contributed by atoms with Crippen molar-refractivity contribution in [3.8, 4) is 5.75 Å². The van der Waals surface area contributed by atoms with Crippen molar-refractivity contribution in [2.24, 2.45) is 12.0 Å². The van der Waals surface area contributed by atoms with Gasteiger partial charge in [0.25, 0.3) is 0 Å². The molecule has 1 aromatic carbocycles. The Morgan fingerprint density at radius 2 is 1.85 bits per heavy atom. The lowest BCUT2D eigenvalue weighted by Crippen LogP contribution is -2.36. The zero-order valence-electron chi connectivity index (χ0n) is 16.0. The molecule has 1 saturated carbocycles. The van der Waals surface area contributed by atoms with Gasteiger partial charge in [-0.05, 0) is 43.4 Å². The second-order valence-corrected chi connectivity index (χ2v) is 6.60. The van der Waals surface area contributed by atoms with Crippen LogP contribution in [-0.4, -0.2) is 33.9 Å². The first-order chi connectivity index (χ1) is 12.7. The molecular weight excluding hydrogens is 455 g/mol. The van der Waals surface area contributed by atoms with Gasteiger partial charge in [0.2, 0.25) is 0 Å². The number of nitrogens with zero attached hydrogens (tertiary/aromatic N) is 4. The number of rotatable bonds is 6. The number of nitrogens with one attached hydrogen (secondary N) is 2. The summed E-state index contributed by atoms with van der Waals surface area (Å²) >= 11 is 0. The van der Waals surface area contributed by atoms with Crippen LogP contribution in [0.3, 0.4) is 0 Å². The van der Waals surface area contributed by atoms with E-state index in [1.54, 1.807) is 18.1 Å². The van der Waals surface area contributed by atoms with E-state index >= 15 is 0 Å². The van der Waals surface area contributed by atoms with Crippen LogP contribution in [0, 0.1) is 0 Å². The van der Waals surface area contributed by atoms with Crippen LogP contribution in [0.15, 0.2) is 35.6 Å². The first-order valence-corrected chi connectivity index (χ1v) is 9.27. The van der Waals surface area contributed by atoms with E-state index in [1.165, 1.54) is 37.7 Å². The zero-order chi connectivity index (χ0) is 18.2. The molecule has 148 valence electrons. The molecule has 1 aromatic heterocycles. The molecule has 1 heterocycles. The second kappa shape index (κ2) is 11.1. The predicted octanol–water partition coefficient (Wildman–Crippen LogP) is 3.01. The molecule has 0 unspecified atom stereocenters. The van der Waals surface area contributed by atoms with Crippen LogP contribution >= 0.6 is 24.0 Å². The van der Waals surface area contributed by atoms with Crippen LogP contribution in [0.2, 0.25) is 0 Å². The molecule has 0 aliphatic heterocycles. The Hall–Kier alpha value is -1.84. The number of hydrogen-bond acceptors (Lipinski definition) is 4. The van der Waals surface area contributed by atoms with Crippen molar-refractivity contribution in [2.45, 2.75) is 51.3 Å². The Bertz CT molecular complexity index is 709. The molecular formula is C19H29IN6O. The van der Waals surface area contributed by atoms with E-state index in [2.05, 4.69) is 50.0 Å². The molecule has 0 spiro atoms. The highest BCUT2D eigenvalue weighted by atomic mass is 127. The quantitative estimate of drug-likeness (QED) is 0.375. The molecule has 2 N–H and O–H groups in total. The molecule has 3 rings (SSSR count). The smallest absolute Gasteiger partial charge is 0.191 e. The molecule has 0 radical (unpaired) electrons. The van der Waals surface area contributed by atoms with Crippen LogP contribution in [0.1, 0.15) is 43.5 Å². The fourth-order valence-electron chi connectivity index (χ4n) is 3.11. The van der Waals surface area contributed by atoms with Crippen molar-refractivity contribution in [3.05, 3.63) is 42.0 Å². The standard InChI is InChI=1S/C19H28N6O.HI/c1-20-19(22-13-18-23-14-24-25(18)2)21-12-15-8-10-17(11-9-15)26-16-6-4-3-5-7-16;/h8-11,14,16H,3-7,12-13H2,1-2H3,(H2,20,21,22);1H. The molecule has 27 heavy (non-hydrogen) atoms. The van der Waals surface area contributed by atoms with Crippen molar-refractivity contribution < 1.29 is 4.74 Å². The Balaban J connectivity index is 0.00000261. The summed E-state index contributed by atoms with van der Waals surface area (Å²) in [5.74, 6) is 2.55. The summed E-state index contributed by atoms with van der Waals surface area (Å²) in [4.78, 5) is 8.43. The van der Waals surface area contributed by atoms with Gasteiger partial charge in [-0.1, -0.05) is 18.6 Å². The molecule has 0 atom stereocenters. The van der Waals surface area contributed by atoms with Crippen LogP contribution in [0.5, 0.6) is 5.75 Å². The first-order valence-electron chi connectivity index (χ1n) is 9.27. The van der Waals surface area contributed by atoms with E-state index < -0.39 is 0 Å². The highest BCUT2D eigenvalue weighted by Crippen LogP contribution is 2.23. The molecule has 7 nitrogen and oxygen atoms in total. The van der Waals surface area contributed by atoms with Gasteiger partial charge in [0.05, 0.1) is 12.6 Å². The van der Waals surface area contributed by atoms with Crippen molar-refractivity contribution in [1.82, 2.24) is 25.4 Å². The molecule has 1 aliphatic carbocycles. The number of benzene rings is 1. The average Bonchev–Trinajstić information content (AvgIpc) is 3.09. The Morgan fingerprint density at radius 3 is 2.48 bits per heavy atom. The van der Waals surface area contributed by atoms with E-state index in [0.29, 0.717) is 19.2 Å². The lowest BCUT2D eigenvalue weighted by Gasteiger charge is -2.23. The van der Waals surface area contributed by atoms with Gasteiger partial charge in [0, 0.05) is 20.6 Å². The Morgan fingerprint density at radius 1 is 1.15 bits per heavy atom. The van der Waals surface area contributed by atoms with Crippen molar-refractivity contribution in [3.63, 3.8) is 0 Å². The number of aliphatic imine (C=N–C) groups is 1. The van der Waals surface area contributed by atoms with Crippen LogP contribution in [0.25, 0.3) is 0 Å². The summed E-state index contributed by atoms with van der Waals surface area (Å²) in [7, 11) is 3.63. The van der Waals surface area contributed by atoms with Gasteiger partial charge in [-0.3, -0.25) is 9.67 Å². The van der Waals surface area contributed by atoms with E-state index in [1.807, 2.05) is 7.05 Å². The van der Waals surface area contributed by atoms with Gasteiger partial charge in [-0.15, -0.1) is 24.0 Å². The van der Waals surface area contributed by atoms with Gasteiger partial charge in [-0.25, -0.2) is 4.98 Å². The maximum atomic E-state index is 6.08. The molecule has 0 bridgehead atoms. The molecule has 2 aromatic rings. The van der Waals surface area contributed by atoms with Gasteiger partial charge >= 0.3 is 0 Å². The number of hydrogen-bond donors (Lipinski definition) is 2. The Kier molecular flexibility index (Phi) is 8.83. The van der Waals surface area contributed by atoms with Crippen molar-refractivity contribution >= 4 is 29.9 Å². The SMILES string of the molecule is CN=C(NCc1ccc(OC2CCCCC2)cc1)NCc1ncnn1C.I. The minimum absolute atomic E-state index is 0. The van der Waals surface area contributed by atoms with Crippen molar-refractivity contribution in [1.29, 1.82) is 0 Å². The molecule has 1 aliphatic rings. The van der Waals surface area contributed by atoms with Gasteiger partial charge < -0.3 is 15.4 Å². The highest BCUT2D eigenvalue weighted by Gasteiger charge is 2.14. The summed E-state index contributed by atoms with van der Waals surface area (Å²) in [6, 6.07) is 8.31. The number of guanidine groups is 1. The molecule has 1 fully saturated rings. The molecule has 0 amide bonds. The first kappa shape index (κ1) is 21.5. The number of ether oxygens (including phenoxy) is 1. The number of aromatic nitrogens is 3. The van der Waals surface area contributed by atoms with Crippen LogP contribution in [0.4, 0.5) is 0 Å². The van der Waals surface area contributed by atoms with Gasteiger partial charge in [0.1, 0.15) is 17.9 Å². The monoisotopic (exact) mass is 484 g/mol. The van der Waals surface area contributed by atoms with E-state index in [-0.39, 0.29) is 24.0 Å². The Labute approximate surface area is 178 Å². The summed E-state index contributed by atoms with van der Waals surface area (Å²) in [5.41, 5.74) is 1.18. The average molecular weight is 484 g/mol. The third-order valence-corrected chi connectivity index (χ3v) is 4.68. The predicted molar refractivity (Wildman–Crippen MR) is 117 cm³/mol. The lowest BCUT2D eigenvalue weighted by atomic mass is 9.98. The van der Waals surface area contributed by atoms with Crippen LogP contribution < -0.4 is 15.4 Å². The second-order valence-electron chi connectivity index (χ2n) is 6.60. The van der Waals surface area contributed by atoms with Gasteiger partial charge in [0.15, 0.2) is 5.96 Å². The van der Waals surface area contributed by atoms with Crippen LogP contribution in [-0.2, 0) is 20.1 Å². The summed E-state index contributed by atoms with van der Waals surface area (Å²) in [6.45, 7) is 1.27. The normalized spacial score (nSPS) is 15.1. The van der Waals surface area contributed by atoms with E-state index in [4.69, 9.17) is 4.74 Å². The third kappa shape index (κ3) is 6.67. The largest absolute Gasteiger partial charge is 0.490 e. The van der Waals surface area contributed by atoms with E-state index in [9.17, 15) is 0 Å². The minimum atomic E-state index is 0. The maximum Gasteiger partial charge on any atom is 0.191 e. The lowest BCUT2D eigenvalue weighted by molar-refractivity contribution is 0.155.